The van der Waals surface area contributed by atoms with E-state index in [1.807, 2.05) is 0 Å². The molecule has 0 amide bonds. The van der Waals surface area contributed by atoms with E-state index in [0.29, 0.717) is 19.3 Å². The van der Waals surface area contributed by atoms with Gasteiger partial charge in [-0.05, 0) is 25.8 Å². The molecule has 1 fully saturated rings. The van der Waals surface area contributed by atoms with Crippen LogP contribution in [0.2, 0.25) is 0 Å². The van der Waals surface area contributed by atoms with Gasteiger partial charge < -0.3 is 19.9 Å². The average Bonchev–Trinajstić information content (AvgIpc) is 2.37. The first-order chi connectivity index (χ1) is 8.33. The van der Waals surface area contributed by atoms with Crippen LogP contribution in [0, 0.1) is 0 Å². The summed E-state index contributed by atoms with van der Waals surface area (Å²) in [5, 5.41) is 12.9. The van der Waals surface area contributed by atoms with E-state index in [9.17, 15) is 5.11 Å². The molecule has 0 heterocycles. The summed E-state index contributed by atoms with van der Waals surface area (Å²) in [6.45, 7) is 2.72. The Morgan fingerprint density at radius 3 is 2.76 bits per heavy atom. The molecule has 0 bridgehead atoms. The van der Waals surface area contributed by atoms with Gasteiger partial charge in [-0.1, -0.05) is 19.3 Å². The highest BCUT2D eigenvalue weighted by Crippen LogP contribution is 2.20. The Kier molecular flexibility index (Phi) is 8.61. The number of methoxy groups -OCH3 is 1. The Bertz CT molecular complexity index is 172. The molecule has 1 aliphatic carbocycles. The number of ether oxygens (including phenoxy) is 2. The quantitative estimate of drug-likeness (QED) is 0.602. The Labute approximate surface area is 105 Å². The molecule has 0 aliphatic heterocycles. The molecule has 0 aromatic rings. The van der Waals surface area contributed by atoms with Crippen molar-refractivity contribution in [2.45, 2.75) is 50.7 Å². The summed E-state index contributed by atoms with van der Waals surface area (Å²) in [5.74, 6) is 0. The van der Waals surface area contributed by atoms with Crippen LogP contribution >= 0.6 is 0 Å². The first kappa shape index (κ1) is 14.9. The van der Waals surface area contributed by atoms with Gasteiger partial charge in [-0.2, -0.15) is 0 Å². The van der Waals surface area contributed by atoms with E-state index in [0.717, 1.165) is 32.4 Å². The van der Waals surface area contributed by atoms with Crippen molar-refractivity contribution in [2.75, 3.05) is 33.4 Å². The molecular weight excluding hydrogens is 218 g/mol. The van der Waals surface area contributed by atoms with Crippen LogP contribution in [0.15, 0.2) is 0 Å². The van der Waals surface area contributed by atoms with E-state index >= 15 is 0 Å². The summed E-state index contributed by atoms with van der Waals surface area (Å²) < 4.78 is 10.7. The van der Waals surface area contributed by atoms with Gasteiger partial charge in [-0.25, -0.2) is 0 Å². The number of aliphatic hydroxyl groups excluding tert-OH is 1. The summed E-state index contributed by atoms with van der Waals surface area (Å²) in [6.07, 6.45) is 7.18. The molecule has 0 saturated heterocycles. The summed E-state index contributed by atoms with van der Waals surface area (Å²) >= 11 is 0. The van der Waals surface area contributed by atoms with E-state index in [-0.39, 0.29) is 6.10 Å². The van der Waals surface area contributed by atoms with Crippen LogP contribution in [-0.2, 0) is 9.47 Å². The first-order valence-electron chi connectivity index (χ1n) is 6.82. The molecule has 0 aromatic carbocycles. The molecule has 2 N–H and O–H groups in total. The zero-order valence-electron chi connectivity index (χ0n) is 11.0. The lowest BCUT2D eigenvalue weighted by Crippen LogP contribution is -2.33. The predicted octanol–water partition coefficient (Wildman–Crippen LogP) is 1.32. The molecular formula is C13H27NO3. The zero-order valence-corrected chi connectivity index (χ0v) is 11.0. The van der Waals surface area contributed by atoms with Crippen molar-refractivity contribution < 1.29 is 14.6 Å². The summed E-state index contributed by atoms with van der Waals surface area (Å²) in [7, 11) is 1.70. The number of hydrogen-bond acceptors (Lipinski definition) is 4. The van der Waals surface area contributed by atoms with Gasteiger partial charge in [0.1, 0.15) is 0 Å². The number of hydrogen-bond donors (Lipinski definition) is 2. The lowest BCUT2D eigenvalue weighted by Gasteiger charge is -2.23. The molecule has 0 radical (unpaired) electrons. The van der Waals surface area contributed by atoms with Gasteiger partial charge >= 0.3 is 0 Å². The maximum atomic E-state index is 9.72. The Morgan fingerprint density at radius 2 is 2.06 bits per heavy atom. The highest BCUT2D eigenvalue weighted by molar-refractivity contribution is 4.67. The van der Waals surface area contributed by atoms with Crippen molar-refractivity contribution in [1.82, 2.24) is 5.32 Å². The topological polar surface area (TPSA) is 50.7 Å². The van der Waals surface area contributed by atoms with Crippen LogP contribution < -0.4 is 5.32 Å². The van der Waals surface area contributed by atoms with Crippen molar-refractivity contribution in [3.63, 3.8) is 0 Å². The first-order valence-corrected chi connectivity index (χ1v) is 6.82. The highest BCUT2D eigenvalue weighted by atomic mass is 16.5. The SMILES string of the molecule is COCCCNCC(O)COC1CCCCC1. The van der Waals surface area contributed by atoms with E-state index in [2.05, 4.69) is 5.32 Å². The van der Waals surface area contributed by atoms with Crippen LogP contribution in [-0.4, -0.2) is 50.7 Å². The minimum Gasteiger partial charge on any atom is -0.389 e. The van der Waals surface area contributed by atoms with Crippen molar-refractivity contribution in [2.24, 2.45) is 0 Å². The van der Waals surface area contributed by atoms with Crippen molar-refractivity contribution in [3.8, 4) is 0 Å². The molecule has 1 aliphatic rings. The summed E-state index contributed by atoms with van der Waals surface area (Å²) in [4.78, 5) is 0. The second-order valence-corrected chi connectivity index (χ2v) is 4.80. The normalized spacial score (nSPS) is 19.4. The van der Waals surface area contributed by atoms with Crippen LogP contribution in [0.4, 0.5) is 0 Å². The molecule has 102 valence electrons. The lowest BCUT2D eigenvalue weighted by molar-refractivity contribution is -0.0229. The predicted molar refractivity (Wildman–Crippen MR) is 68.2 cm³/mol. The van der Waals surface area contributed by atoms with E-state index in [1.54, 1.807) is 7.11 Å². The number of rotatable bonds is 9. The Balaban J connectivity index is 1.91. The molecule has 4 heteroatoms. The van der Waals surface area contributed by atoms with Gasteiger partial charge in [0.05, 0.1) is 18.8 Å². The highest BCUT2D eigenvalue weighted by Gasteiger charge is 2.15. The third-order valence-electron chi connectivity index (χ3n) is 3.16. The Morgan fingerprint density at radius 1 is 1.29 bits per heavy atom. The Hall–Kier alpha value is -0.160. The van der Waals surface area contributed by atoms with E-state index < -0.39 is 0 Å². The smallest absolute Gasteiger partial charge is 0.0897 e. The summed E-state index contributed by atoms with van der Waals surface area (Å²) in [6, 6.07) is 0. The molecule has 1 unspecified atom stereocenters. The minimum absolute atomic E-state index is 0.381. The molecule has 0 aromatic heterocycles. The van der Waals surface area contributed by atoms with Gasteiger partial charge in [-0.3, -0.25) is 0 Å². The molecule has 1 saturated carbocycles. The number of nitrogens with one attached hydrogen (secondary N) is 1. The van der Waals surface area contributed by atoms with Crippen LogP contribution in [0.3, 0.4) is 0 Å². The maximum absolute atomic E-state index is 9.72. The fraction of sp³-hybridized carbons (Fsp3) is 1.00. The monoisotopic (exact) mass is 245 g/mol. The number of aliphatic hydroxyl groups is 1. The van der Waals surface area contributed by atoms with Gasteiger partial charge in [0, 0.05) is 20.3 Å². The van der Waals surface area contributed by atoms with Crippen molar-refractivity contribution >= 4 is 0 Å². The second kappa shape index (κ2) is 9.83. The molecule has 0 spiro atoms. The van der Waals surface area contributed by atoms with Crippen molar-refractivity contribution in [3.05, 3.63) is 0 Å². The van der Waals surface area contributed by atoms with Gasteiger partial charge in [0.2, 0.25) is 0 Å². The minimum atomic E-state index is -0.389. The standard InChI is InChI=1S/C13H27NO3/c1-16-9-5-8-14-10-12(15)11-17-13-6-3-2-4-7-13/h12-15H,2-11H2,1H3. The molecule has 17 heavy (non-hydrogen) atoms. The van der Waals surface area contributed by atoms with E-state index in [1.165, 1.54) is 19.3 Å². The third-order valence-corrected chi connectivity index (χ3v) is 3.16. The molecule has 4 nitrogen and oxygen atoms in total. The van der Waals surface area contributed by atoms with Crippen LogP contribution in [0.25, 0.3) is 0 Å². The third kappa shape index (κ3) is 7.71. The largest absolute Gasteiger partial charge is 0.389 e. The average molecular weight is 245 g/mol. The van der Waals surface area contributed by atoms with Crippen LogP contribution in [0.1, 0.15) is 38.5 Å². The zero-order chi connectivity index (χ0) is 12.3. The van der Waals surface area contributed by atoms with Gasteiger partial charge in [-0.15, -0.1) is 0 Å². The summed E-state index contributed by atoms with van der Waals surface area (Å²) in [5.41, 5.74) is 0. The van der Waals surface area contributed by atoms with E-state index in [4.69, 9.17) is 9.47 Å². The fourth-order valence-electron chi connectivity index (χ4n) is 2.15. The van der Waals surface area contributed by atoms with Crippen LogP contribution in [0.5, 0.6) is 0 Å². The van der Waals surface area contributed by atoms with Gasteiger partial charge in [0.15, 0.2) is 0 Å². The fourth-order valence-corrected chi connectivity index (χ4v) is 2.15. The molecule has 1 atom stereocenters. The molecule has 1 rings (SSSR count). The second-order valence-electron chi connectivity index (χ2n) is 4.80. The van der Waals surface area contributed by atoms with Gasteiger partial charge in [0.25, 0.3) is 0 Å². The maximum Gasteiger partial charge on any atom is 0.0897 e. The lowest BCUT2D eigenvalue weighted by atomic mass is 9.98. The van der Waals surface area contributed by atoms with Crippen molar-refractivity contribution in [1.29, 1.82) is 0 Å².